The van der Waals surface area contributed by atoms with Crippen LogP contribution in [0.15, 0.2) is 29.2 Å². The number of anilines is 1. The first kappa shape index (κ1) is 23.2. The van der Waals surface area contributed by atoms with Crippen molar-refractivity contribution < 1.29 is 18.0 Å². The van der Waals surface area contributed by atoms with Crippen molar-refractivity contribution in [1.29, 1.82) is 0 Å². The van der Waals surface area contributed by atoms with E-state index >= 15 is 0 Å². The Balaban J connectivity index is 2.14. The number of nitrogens with one attached hydrogen (secondary N) is 2. The van der Waals surface area contributed by atoms with Crippen LogP contribution in [0.1, 0.15) is 53.4 Å². The molecule has 162 valence electrons. The topological polar surface area (TPSA) is 122 Å². The van der Waals surface area contributed by atoms with Gasteiger partial charge in [-0.3, -0.25) is 4.79 Å². The molecule has 0 aromatic heterocycles. The van der Waals surface area contributed by atoms with Gasteiger partial charge in [0.1, 0.15) is 6.04 Å². The fourth-order valence-corrected chi connectivity index (χ4v) is 5.69. The highest BCUT2D eigenvalue weighted by molar-refractivity contribution is 7.89. The van der Waals surface area contributed by atoms with Gasteiger partial charge >= 0.3 is 6.03 Å². The molecule has 8 nitrogen and oxygen atoms in total. The molecule has 3 amide bonds. The average molecular weight is 425 g/mol. The lowest BCUT2D eigenvalue weighted by Crippen LogP contribution is -2.47. The second kappa shape index (κ2) is 9.58. The number of urea groups is 1. The summed E-state index contributed by atoms with van der Waals surface area (Å²) in [5, 5.41) is 5.15. The van der Waals surface area contributed by atoms with Gasteiger partial charge in [0, 0.05) is 17.8 Å². The summed E-state index contributed by atoms with van der Waals surface area (Å²) in [6.45, 7) is 7.74. The Kier molecular flexibility index (Phi) is 7.65. The van der Waals surface area contributed by atoms with E-state index in [0.717, 1.165) is 19.3 Å². The van der Waals surface area contributed by atoms with Gasteiger partial charge in [-0.1, -0.05) is 20.3 Å². The number of carbonyl (C=O) groups is 2. The Morgan fingerprint density at radius 1 is 1.14 bits per heavy atom. The number of carbonyl (C=O) groups excluding carboxylic acids is 2. The SMILES string of the molecule is CC(C)C[C@@H](NC(N)=O)C(=O)Nc1ccc(S(=O)(=O)N2[C@H](C)CCC[C@H]2C)cc1. The van der Waals surface area contributed by atoms with Crippen molar-refractivity contribution in [3.63, 3.8) is 0 Å². The van der Waals surface area contributed by atoms with E-state index in [0.29, 0.717) is 12.1 Å². The number of primary amides is 1. The fourth-order valence-electron chi connectivity index (χ4n) is 3.81. The lowest BCUT2D eigenvalue weighted by Gasteiger charge is -2.37. The summed E-state index contributed by atoms with van der Waals surface area (Å²) in [5.74, 6) is -0.218. The van der Waals surface area contributed by atoms with Crippen LogP contribution >= 0.6 is 0 Å². The van der Waals surface area contributed by atoms with Crippen LogP contribution < -0.4 is 16.4 Å². The number of rotatable bonds is 7. The van der Waals surface area contributed by atoms with Crippen LogP contribution in [0.2, 0.25) is 0 Å². The standard InChI is InChI=1S/C20H32N4O4S/c1-13(2)12-18(23-20(21)26)19(25)22-16-8-10-17(11-9-16)29(27,28)24-14(3)6-5-7-15(24)4/h8-11,13-15,18H,5-7,12H2,1-4H3,(H,22,25)(H3,21,23,26)/t14-,15-,18-/m1/s1. The van der Waals surface area contributed by atoms with Gasteiger partial charge in [0.15, 0.2) is 0 Å². The summed E-state index contributed by atoms with van der Waals surface area (Å²) in [6.07, 6.45) is 3.16. The maximum absolute atomic E-state index is 13.1. The molecule has 0 aliphatic carbocycles. The number of nitrogens with zero attached hydrogens (tertiary/aromatic N) is 1. The van der Waals surface area contributed by atoms with Gasteiger partial charge in [0.2, 0.25) is 15.9 Å². The van der Waals surface area contributed by atoms with Gasteiger partial charge in [-0.2, -0.15) is 4.31 Å². The molecule has 9 heteroatoms. The maximum Gasteiger partial charge on any atom is 0.312 e. The Morgan fingerprint density at radius 2 is 1.69 bits per heavy atom. The molecule has 0 saturated carbocycles. The lowest BCUT2D eigenvalue weighted by atomic mass is 10.0. The van der Waals surface area contributed by atoms with Gasteiger partial charge in [-0.25, -0.2) is 13.2 Å². The quantitative estimate of drug-likeness (QED) is 0.623. The average Bonchev–Trinajstić information content (AvgIpc) is 2.60. The minimum Gasteiger partial charge on any atom is -0.352 e. The minimum atomic E-state index is -3.61. The third kappa shape index (κ3) is 5.93. The van der Waals surface area contributed by atoms with Crippen molar-refractivity contribution in [2.75, 3.05) is 5.32 Å². The van der Waals surface area contributed by atoms with Crippen molar-refractivity contribution in [1.82, 2.24) is 9.62 Å². The molecule has 1 aromatic carbocycles. The number of hydrogen-bond acceptors (Lipinski definition) is 4. The Labute approximate surface area is 173 Å². The first-order chi connectivity index (χ1) is 13.5. The Bertz CT molecular complexity index is 813. The predicted octanol–water partition coefficient (Wildman–Crippen LogP) is 2.66. The zero-order chi connectivity index (χ0) is 21.8. The molecule has 1 aromatic rings. The largest absolute Gasteiger partial charge is 0.352 e. The smallest absolute Gasteiger partial charge is 0.312 e. The van der Waals surface area contributed by atoms with Gasteiger partial charge in [-0.05, 0) is 63.3 Å². The zero-order valence-electron chi connectivity index (χ0n) is 17.5. The summed E-state index contributed by atoms with van der Waals surface area (Å²) in [5.41, 5.74) is 5.61. The Morgan fingerprint density at radius 3 is 2.17 bits per heavy atom. The normalized spacial score (nSPS) is 21.6. The first-order valence-electron chi connectivity index (χ1n) is 10.0. The monoisotopic (exact) mass is 424 g/mol. The summed E-state index contributed by atoms with van der Waals surface area (Å²) >= 11 is 0. The van der Waals surface area contributed by atoms with Crippen LogP contribution in [0, 0.1) is 5.92 Å². The number of piperidine rings is 1. The van der Waals surface area contributed by atoms with E-state index in [1.54, 1.807) is 16.4 Å². The Hall–Kier alpha value is -2.13. The van der Waals surface area contributed by atoms with E-state index in [2.05, 4.69) is 10.6 Å². The molecular formula is C20H32N4O4S. The van der Waals surface area contributed by atoms with E-state index in [1.165, 1.54) is 12.1 Å². The molecule has 1 aliphatic heterocycles. The van der Waals surface area contributed by atoms with Crippen LogP contribution in [0.3, 0.4) is 0 Å². The second-order valence-corrected chi connectivity index (χ2v) is 10.0. The van der Waals surface area contributed by atoms with Crippen LogP contribution in [0.5, 0.6) is 0 Å². The van der Waals surface area contributed by atoms with E-state index < -0.39 is 28.0 Å². The van der Waals surface area contributed by atoms with Crippen molar-refractivity contribution in [2.45, 2.75) is 76.4 Å². The molecule has 1 aliphatic rings. The minimum absolute atomic E-state index is 0.0419. The van der Waals surface area contributed by atoms with Crippen LogP contribution in [-0.4, -0.2) is 42.8 Å². The van der Waals surface area contributed by atoms with E-state index in [1.807, 2.05) is 27.7 Å². The molecule has 29 heavy (non-hydrogen) atoms. The molecule has 0 radical (unpaired) electrons. The summed E-state index contributed by atoms with van der Waals surface area (Å²) in [7, 11) is -3.61. The van der Waals surface area contributed by atoms with E-state index in [9.17, 15) is 18.0 Å². The van der Waals surface area contributed by atoms with E-state index in [4.69, 9.17) is 5.73 Å². The molecule has 1 saturated heterocycles. The van der Waals surface area contributed by atoms with E-state index in [-0.39, 0.29) is 22.9 Å². The number of nitrogens with two attached hydrogens (primary N) is 1. The molecule has 1 heterocycles. The fraction of sp³-hybridized carbons (Fsp3) is 0.600. The molecule has 0 spiro atoms. The number of amides is 3. The van der Waals surface area contributed by atoms with Crippen molar-refractivity contribution >= 4 is 27.6 Å². The summed E-state index contributed by atoms with van der Waals surface area (Å²) in [4.78, 5) is 23.9. The summed E-state index contributed by atoms with van der Waals surface area (Å²) in [6, 6.07) is 4.50. The highest BCUT2D eigenvalue weighted by Gasteiger charge is 2.35. The zero-order valence-corrected chi connectivity index (χ0v) is 18.3. The predicted molar refractivity (Wildman–Crippen MR) is 113 cm³/mol. The molecule has 0 unspecified atom stereocenters. The van der Waals surface area contributed by atoms with Crippen molar-refractivity contribution in [3.05, 3.63) is 24.3 Å². The first-order valence-corrected chi connectivity index (χ1v) is 11.5. The molecular weight excluding hydrogens is 392 g/mol. The van der Waals surface area contributed by atoms with Crippen LogP contribution in [0.4, 0.5) is 10.5 Å². The second-order valence-electron chi connectivity index (χ2n) is 8.17. The molecule has 4 N–H and O–H groups in total. The third-order valence-electron chi connectivity index (χ3n) is 5.15. The number of benzene rings is 1. The highest BCUT2D eigenvalue weighted by Crippen LogP contribution is 2.30. The lowest BCUT2D eigenvalue weighted by molar-refractivity contribution is -0.118. The van der Waals surface area contributed by atoms with Gasteiger partial charge in [-0.15, -0.1) is 0 Å². The number of sulfonamides is 1. The van der Waals surface area contributed by atoms with Crippen LogP contribution in [-0.2, 0) is 14.8 Å². The molecule has 1 fully saturated rings. The maximum atomic E-state index is 13.1. The number of hydrogen-bond donors (Lipinski definition) is 3. The van der Waals surface area contributed by atoms with Crippen molar-refractivity contribution in [3.8, 4) is 0 Å². The molecule has 0 bridgehead atoms. The van der Waals surface area contributed by atoms with Crippen LogP contribution in [0.25, 0.3) is 0 Å². The van der Waals surface area contributed by atoms with Gasteiger partial charge < -0.3 is 16.4 Å². The highest BCUT2D eigenvalue weighted by atomic mass is 32.2. The van der Waals surface area contributed by atoms with Crippen molar-refractivity contribution in [2.24, 2.45) is 11.7 Å². The molecule has 3 atom stereocenters. The van der Waals surface area contributed by atoms with Gasteiger partial charge in [0.25, 0.3) is 0 Å². The van der Waals surface area contributed by atoms with Gasteiger partial charge in [0.05, 0.1) is 4.90 Å². The third-order valence-corrected chi connectivity index (χ3v) is 7.29. The molecule has 2 rings (SSSR count). The summed E-state index contributed by atoms with van der Waals surface area (Å²) < 4.78 is 27.7.